The summed E-state index contributed by atoms with van der Waals surface area (Å²) in [5, 5.41) is 21.5. The summed E-state index contributed by atoms with van der Waals surface area (Å²) in [4.78, 5) is 0. The maximum absolute atomic E-state index is 10.8. The third-order valence-electron chi connectivity index (χ3n) is 8.96. The van der Waals surface area contributed by atoms with Gasteiger partial charge in [0.15, 0.2) is 11.5 Å². The minimum absolute atomic E-state index is 0.0742. The minimum Gasteiger partial charge on any atom is -0.507 e. The lowest BCUT2D eigenvalue weighted by Gasteiger charge is -2.50. The molecule has 182 valence electrons. The number of aliphatic hydroxyl groups is 1. The van der Waals surface area contributed by atoms with E-state index in [9.17, 15) is 10.2 Å². The van der Waals surface area contributed by atoms with Crippen molar-refractivity contribution in [1.82, 2.24) is 0 Å². The Bertz CT molecular complexity index is 1080. The van der Waals surface area contributed by atoms with Crippen molar-refractivity contribution in [3.63, 3.8) is 0 Å². The van der Waals surface area contributed by atoms with Crippen LogP contribution in [0.25, 0.3) is 12.2 Å². The Morgan fingerprint density at radius 1 is 0.912 bits per heavy atom. The third-order valence-corrected chi connectivity index (χ3v) is 8.96. The van der Waals surface area contributed by atoms with Crippen LogP contribution >= 0.6 is 0 Å². The van der Waals surface area contributed by atoms with Crippen LogP contribution in [0.15, 0.2) is 24.3 Å². The first-order valence-electron chi connectivity index (χ1n) is 12.4. The molecule has 0 aliphatic heterocycles. The monoisotopic (exact) mass is 464 g/mol. The van der Waals surface area contributed by atoms with Gasteiger partial charge in [0, 0.05) is 5.56 Å². The number of aliphatic hydroxyl groups excluding tert-OH is 1. The molecule has 0 unspecified atom stereocenters. The first kappa shape index (κ1) is 23.1. The van der Waals surface area contributed by atoms with Crippen LogP contribution in [0.2, 0.25) is 0 Å². The Balaban J connectivity index is 1.46. The Morgan fingerprint density at radius 3 is 2.32 bits per heavy atom. The molecule has 2 fully saturated rings. The van der Waals surface area contributed by atoms with Gasteiger partial charge >= 0.3 is 0 Å². The van der Waals surface area contributed by atoms with Gasteiger partial charge in [0.05, 0.1) is 27.4 Å². The van der Waals surface area contributed by atoms with Gasteiger partial charge in [-0.05, 0) is 103 Å². The Labute approximate surface area is 202 Å². The zero-order valence-electron chi connectivity index (χ0n) is 20.6. The zero-order chi connectivity index (χ0) is 24.0. The van der Waals surface area contributed by atoms with Crippen LogP contribution in [0.4, 0.5) is 0 Å². The van der Waals surface area contributed by atoms with Crippen LogP contribution in [0.1, 0.15) is 67.2 Å². The largest absolute Gasteiger partial charge is 0.507 e. The molecule has 0 aromatic heterocycles. The van der Waals surface area contributed by atoms with Crippen LogP contribution in [-0.2, 0) is 6.42 Å². The number of hydrogen-bond donors (Lipinski definition) is 2. The lowest BCUT2D eigenvalue weighted by molar-refractivity contribution is -0.0226. The number of rotatable bonds is 5. The Kier molecular flexibility index (Phi) is 6.01. The molecule has 3 aliphatic rings. The molecular formula is C29H36O5. The van der Waals surface area contributed by atoms with Crippen molar-refractivity contribution in [2.75, 3.05) is 21.3 Å². The molecule has 2 aromatic carbocycles. The van der Waals surface area contributed by atoms with Crippen molar-refractivity contribution in [3.05, 3.63) is 46.5 Å². The summed E-state index contributed by atoms with van der Waals surface area (Å²) in [5.41, 5.74) is 4.48. The van der Waals surface area contributed by atoms with Gasteiger partial charge in [-0.1, -0.05) is 19.1 Å². The predicted molar refractivity (Wildman–Crippen MR) is 134 cm³/mol. The van der Waals surface area contributed by atoms with Crippen molar-refractivity contribution in [2.24, 2.45) is 17.3 Å². The van der Waals surface area contributed by atoms with E-state index in [1.165, 1.54) is 11.1 Å². The highest BCUT2D eigenvalue weighted by Crippen LogP contribution is 2.61. The number of aryl methyl sites for hydroxylation is 1. The number of aromatic hydroxyl groups is 1. The number of hydrogen-bond acceptors (Lipinski definition) is 5. The molecule has 0 spiro atoms. The summed E-state index contributed by atoms with van der Waals surface area (Å²) < 4.78 is 16.4. The number of fused-ring (bicyclic) bond motifs is 5. The quantitative estimate of drug-likeness (QED) is 0.547. The average Bonchev–Trinajstić information content (AvgIpc) is 3.16. The lowest BCUT2D eigenvalue weighted by atomic mass is 9.55. The highest BCUT2D eigenvalue weighted by Gasteiger charge is 2.54. The molecule has 0 saturated heterocycles. The summed E-state index contributed by atoms with van der Waals surface area (Å²) in [5.74, 6) is 3.82. The SMILES string of the molecule is COc1cc(/C=C/c2cc3c(cc2O)CC[C@@H]2[C@@H]3CC[C@]3(C)[C@@H](O)CC[C@@H]23)cc(OC)c1OC. The van der Waals surface area contributed by atoms with Crippen LogP contribution in [-0.4, -0.2) is 37.6 Å². The second kappa shape index (κ2) is 8.84. The highest BCUT2D eigenvalue weighted by atomic mass is 16.5. The first-order chi connectivity index (χ1) is 16.4. The molecule has 5 nitrogen and oxygen atoms in total. The number of phenolic OH excluding ortho intramolecular Hbond substituents is 1. The predicted octanol–water partition coefficient (Wildman–Crippen LogP) is 5.81. The van der Waals surface area contributed by atoms with Crippen LogP contribution in [0, 0.1) is 17.3 Å². The van der Waals surface area contributed by atoms with Crippen LogP contribution in [0.3, 0.4) is 0 Å². The maximum atomic E-state index is 10.8. The molecule has 5 heteroatoms. The number of ether oxygens (including phenoxy) is 3. The van der Waals surface area contributed by atoms with E-state index in [1.807, 2.05) is 30.4 Å². The smallest absolute Gasteiger partial charge is 0.203 e. The highest BCUT2D eigenvalue weighted by molar-refractivity contribution is 5.75. The van der Waals surface area contributed by atoms with Crippen molar-refractivity contribution >= 4 is 12.2 Å². The summed E-state index contributed by atoms with van der Waals surface area (Å²) >= 11 is 0. The first-order valence-corrected chi connectivity index (χ1v) is 12.4. The summed E-state index contributed by atoms with van der Waals surface area (Å²) in [6.45, 7) is 2.31. The molecule has 0 heterocycles. The lowest BCUT2D eigenvalue weighted by Crippen LogP contribution is -2.43. The van der Waals surface area contributed by atoms with E-state index >= 15 is 0 Å². The average molecular weight is 465 g/mol. The van der Waals surface area contributed by atoms with Crippen molar-refractivity contribution in [2.45, 2.75) is 57.5 Å². The van der Waals surface area contributed by atoms with E-state index in [-0.39, 0.29) is 11.5 Å². The molecule has 2 saturated carbocycles. The molecule has 0 amide bonds. The molecule has 3 aliphatic carbocycles. The zero-order valence-corrected chi connectivity index (χ0v) is 20.6. The molecule has 2 N–H and O–H groups in total. The van der Waals surface area contributed by atoms with Crippen molar-refractivity contribution in [1.29, 1.82) is 0 Å². The van der Waals surface area contributed by atoms with Gasteiger partial charge in [-0.2, -0.15) is 0 Å². The van der Waals surface area contributed by atoms with Crippen LogP contribution < -0.4 is 14.2 Å². The van der Waals surface area contributed by atoms with Gasteiger partial charge in [0.25, 0.3) is 0 Å². The Hall–Kier alpha value is -2.66. The molecule has 0 bridgehead atoms. The number of methoxy groups -OCH3 is 3. The molecular weight excluding hydrogens is 428 g/mol. The fourth-order valence-electron chi connectivity index (χ4n) is 7.12. The normalized spacial score (nSPS) is 29.9. The van der Waals surface area contributed by atoms with Gasteiger partial charge in [-0.15, -0.1) is 0 Å². The van der Waals surface area contributed by atoms with E-state index in [1.54, 1.807) is 21.3 Å². The molecule has 2 aromatic rings. The van der Waals surface area contributed by atoms with Gasteiger partial charge < -0.3 is 24.4 Å². The maximum Gasteiger partial charge on any atom is 0.203 e. The second-order valence-electron chi connectivity index (χ2n) is 10.5. The third kappa shape index (κ3) is 3.65. The molecule has 0 radical (unpaired) electrons. The van der Waals surface area contributed by atoms with Crippen molar-refractivity contribution in [3.8, 4) is 23.0 Å². The minimum atomic E-state index is -0.156. The molecule has 34 heavy (non-hydrogen) atoms. The van der Waals surface area contributed by atoms with Crippen molar-refractivity contribution < 1.29 is 24.4 Å². The Morgan fingerprint density at radius 2 is 1.65 bits per heavy atom. The van der Waals surface area contributed by atoms with E-state index < -0.39 is 0 Å². The summed E-state index contributed by atoms with van der Waals surface area (Å²) in [6.07, 6.45) is 10.2. The summed E-state index contributed by atoms with van der Waals surface area (Å²) in [6, 6.07) is 7.97. The topological polar surface area (TPSA) is 68.2 Å². The number of phenols is 1. The van der Waals surface area contributed by atoms with E-state index in [0.29, 0.717) is 40.8 Å². The molecule has 5 atom stereocenters. The second-order valence-corrected chi connectivity index (χ2v) is 10.5. The van der Waals surface area contributed by atoms with Gasteiger partial charge in [0.1, 0.15) is 5.75 Å². The van der Waals surface area contributed by atoms with E-state index in [2.05, 4.69) is 13.0 Å². The molecule has 5 rings (SSSR count). The fraction of sp³-hybridized carbons (Fsp3) is 0.517. The summed E-state index contributed by atoms with van der Waals surface area (Å²) in [7, 11) is 4.80. The standard InChI is InChI=1S/C29H36O5/c1-29-12-11-20-21(23(29)9-10-27(29)31)8-7-18-16-24(30)19(15-22(18)20)6-5-17-13-25(32-2)28(34-4)26(14-17)33-3/h5-6,13-16,20-21,23,27,30-31H,7-12H2,1-4H3/b6-5+/t20-,21+,23-,27-,29-/m0/s1. The van der Waals surface area contributed by atoms with E-state index in [0.717, 1.165) is 49.7 Å². The van der Waals surface area contributed by atoms with Crippen LogP contribution in [0.5, 0.6) is 23.0 Å². The number of benzene rings is 2. The van der Waals surface area contributed by atoms with Gasteiger partial charge in [0.2, 0.25) is 5.75 Å². The van der Waals surface area contributed by atoms with Gasteiger partial charge in [-0.25, -0.2) is 0 Å². The van der Waals surface area contributed by atoms with E-state index in [4.69, 9.17) is 14.2 Å². The van der Waals surface area contributed by atoms with Gasteiger partial charge in [-0.3, -0.25) is 0 Å². The fourth-order valence-corrected chi connectivity index (χ4v) is 7.12.